The molecule has 0 aromatic rings. The number of nitrogens with zero attached hydrogens (tertiary/aromatic N) is 1. The summed E-state index contributed by atoms with van der Waals surface area (Å²) >= 11 is 0. The van der Waals surface area contributed by atoms with Crippen molar-refractivity contribution >= 4 is 5.91 Å². The van der Waals surface area contributed by atoms with E-state index in [0.29, 0.717) is 12.0 Å². The first-order valence-corrected chi connectivity index (χ1v) is 7.19. The van der Waals surface area contributed by atoms with Gasteiger partial charge in [0, 0.05) is 18.6 Å². The van der Waals surface area contributed by atoms with E-state index in [1.54, 1.807) is 0 Å². The molecule has 0 spiro atoms. The van der Waals surface area contributed by atoms with E-state index in [9.17, 15) is 4.79 Å². The number of rotatable bonds is 9. The van der Waals surface area contributed by atoms with Gasteiger partial charge in [-0.25, -0.2) is 0 Å². The van der Waals surface area contributed by atoms with Crippen molar-refractivity contribution in [3.63, 3.8) is 0 Å². The molecule has 1 amide bonds. The molecule has 4 nitrogen and oxygen atoms in total. The van der Waals surface area contributed by atoms with Crippen molar-refractivity contribution in [2.45, 2.75) is 65.1 Å². The highest BCUT2D eigenvalue weighted by molar-refractivity contribution is 5.80. The van der Waals surface area contributed by atoms with Gasteiger partial charge in [-0.3, -0.25) is 9.69 Å². The number of nitrogens with one attached hydrogen (secondary N) is 1. The second-order valence-electron chi connectivity index (χ2n) is 6.18. The second-order valence-corrected chi connectivity index (χ2v) is 6.18. The van der Waals surface area contributed by atoms with Gasteiger partial charge in [0.15, 0.2) is 0 Å². The molecule has 0 heterocycles. The highest BCUT2D eigenvalue weighted by Crippen LogP contribution is 2.27. The van der Waals surface area contributed by atoms with E-state index in [1.165, 1.54) is 19.3 Å². The van der Waals surface area contributed by atoms with Crippen LogP contribution in [0.1, 0.15) is 47.0 Å². The van der Waals surface area contributed by atoms with Gasteiger partial charge in [-0.2, -0.15) is 0 Å². The third-order valence-corrected chi connectivity index (χ3v) is 3.35. The SMILES string of the molecule is CC(C)CCN(CC(NC(C)C)C(N)=O)C1CC1. The van der Waals surface area contributed by atoms with Crippen molar-refractivity contribution in [3.05, 3.63) is 0 Å². The van der Waals surface area contributed by atoms with Gasteiger partial charge in [-0.05, 0) is 31.7 Å². The van der Waals surface area contributed by atoms with Crippen LogP contribution in [0.2, 0.25) is 0 Å². The van der Waals surface area contributed by atoms with Crippen LogP contribution in [0.25, 0.3) is 0 Å². The van der Waals surface area contributed by atoms with Gasteiger partial charge >= 0.3 is 0 Å². The summed E-state index contributed by atoms with van der Waals surface area (Å²) < 4.78 is 0. The van der Waals surface area contributed by atoms with Gasteiger partial charge in [-0.1, -0.05) is 27.7 Å². The van der Waals surface area contributed by atoms with Crippen molar-refractivity contribution < 1.29 is 4.79 Å². The molecule has 1 aliphatic rings. The quantitative estimate of drug-likeness (QED) is 0.654. The molecule has 0 aromatic carbocycles. The third kappa shape index (κ3) is 5.83. The smallest absolute Gasteiger partial charge is 0.235 e. The first-order valence-electron chi connectivity index (χ1n) is 7.19. The minimum atomic E-state index is -0.237. The average Bonchev–Trinajstić information content (AvgIpc) is 3.04. The van der Waals surface area contributed by atoms with Gasteiger partial charge in [0.2, 0.25) is 5.91 Å². The van der Waals surface area contributed by atoms with Crippen molar-refractivity contribution in [1.29, 1.82) is 0 Å². The zero-order valence-electron chi connectivity index (χ0n) is 12.3. The summed E-state index contributed by atoms with van der Waals surface area (Å²) in [6.07, 6.45) is 3.72. The van der Waals surface area contributed by atoms with Crippen molar-refractivity contribution in [3.8, 4) is 0 Å². The lowest BCUT2D eigenvalue weighted by molar-refractivity contribution is -0.120. The Morgan fingerprint density at radius 2 is 1.94 bits per heavy atom. The van der Waals surface area contributed by atoms with Gasteiger partial charge in [0.25, 0.3) is 0 Å². The Balaban J connectivity index is 2.48. The summed E-state index contributed by atoms with van der Waals surface area (Å²) in [6, 6.07) is 0.742. The monoisotopic (exact) mass is 255 g/mol. The highest BCUT2D eigenvalue weighted by Gasteiger charge is 2.31. The maximum atomic E-state index is 11.5. The minimum absolute atomic E-state index is 0.224. The van der Waals surface area contributed by atoms with Crippen LogP contribution in [0.3, 0.4) is 0 Å². The van der Waals surface area contributed by atoms with Crippen LogP contribution in [0.15, 0.2) is 0 Å². The van der Waals surface area contributed by atoms with Crippen LogP contribution in [0.5, 0.6) is 0 Å². The lowest BCUT2D eigenvalue weighted by Crippen LogP contribution is -2.52. The van der Waals surface area contributed by atoms with Crippen LogP contribution < -0.4 is 11.1 Å². The maximum absolute atomic E-state index is 11.5. The molecular weight excluding hydrogens is 226 g/mol. The molecule has 0 aromatic heterocycles. The number of carbonyl (C=O) groups excluding carboxylic acids is 1. The zero-order valence-corrected chi connectivity index (χ0v) is 12.3. The van der Waals surface area contributed by atoms with Crippen LogP contribution >= 0.6 is 0 Å². The summed E-state index contributed by atoms with van der Waals surface area (Å²) in [5, 5.41) is 3.26. The Labute approximate surface area is 111 Å². The molecule has 3 N–H and O–H groups in total. The average molecular weight is 255 g/mol. The minimum Gasteiger partial charge on any atom is -0.368 e. The summed E-state index contributed by atoms with van der Waals surface area (Å²) in [5.41, 5.74) is 5.48. The van der Waals surface area contributed by atoms with Gasteiger partial charge in [0.1, 0.15) is 0 Å². The number of amides is 1. The summed E-state index contributed by atoms with van der Waals surface area (Å²) in [4.78, 5) is 13.9. The Morgan fingerprint density at radius 3 is 2.33 bits per heavy atom. The molecular formula is C14H29N3O. The molecule has 0 saturated heterocycles. The Kier molecular flexibility index (Phi) is 6.09. The fourth-order valence-corrected chi connectivity index (χ4v) is 2.15. The van der Waals surface area contributed by atoms with E-state index < -0.39 is 0 Å². The molecule has 0 radical (unpaired) electrons. The Morgan fingerprint density at radius 1 is 1.33 bits per heavy atom. The van der Waals surface area contributed by atoms with E-state index in [1.807, 2.05) is 13.8 Å². The van der Waals surface area contributed by atoms with E-state index in [2.05, 4.69) is 24.1 Å². The molecule has 4 heteroatoms. The summed E-state index contributed by atoms with van der Waals surface area (Å²) in [5.74, 6) is 0.468. The zero-order chi connectivity index (χ0) is 13.7. The van der Waals surface area contributed by atoms with Gasteiger partial charge in [-0.15, -0.1) is 0 Å². The van der Waals surface area contributed by atoms with E-state index in [0.717, 1.165) is 13.1 Å². The molecule has 1 fully saturated rings. The molecule has 1 aliphatic carbocycles. The molecule has 18 heavy (non-hydrogen) atoms. The van der Waals surface area contributed by atoms with Gasteiger partial charge in [0.05, 0.1) is 6.04 Å². The fourth-order valence-electron chi connectivity index (χ4n) is 2.15. The fraction of sp³-hybridized carbons (Fsp3) is 0.929. The van der Waals surface area contributed by atoms with Crippen LogP contribution in [-0.4, -0.2) is 42.0 Å². The molecule has 1 atom stereocenters. The number of nitrogens with two attached hydrogens (primary N) is 1. The largest absolute Gasteiger partial charge is 0.368 e. The summed E-state index contributed by atoms with van der Waals surface area (Å²) in [7, 11) is 0. The van der Waals surface area contributed by atoms with Crippen LogP contribution in [0, 0.1) is 5.92 Å². The lowest BCUT2D eigenvalue weighted by Gasteiger charge is -2.28. The number of carbonyl (C=O) groups is 1. The Bertz CT molecular complexity index is 262. The van der Waals surface area contributed by atoms with E-state index >= 15 is 0 Å². The number of primary amides is 1. The maximum Gasteiger partial charge on any atom is 0.235 e. The number of hydrogen-bond acceptors (Lipinski definition) is 3. The third-order valence-electron chi connectivity index (χ3n) is 3.35. The topological polar surface area (TPSA) is 58.4 Å². The molecule has 0 bridgehead atoms. The molecule has 1 rings (SSSR count). The Hall–Kier alpha value is -0.610. The summed E-state index contributed by atoms with van der Waals surface area (Å²) in [6.45, 7) is 10.4. The molecule has 1 unspecified atom stereocenters. The molecule has 106 valence electrons. The van der Waals surface area contributed by atoms with Crippen molar-refractivity contribution in [2.75, 3.05) is 13.1 Å². The van der Waals surface area contributed by atoms with Crippen LogP contribution in [-0.2, 0) is 4.79 Å². The molecule has 0 aliphatic heterocycles. The van der Waals surface area contributed by atoms with Gasteiger partial charge < -0.3 is 11.1 Å². The van der Waals surface area contributed by atoms with E-state index in [-0.39, 0.29) is 18.0 Å². The van der Waals surface area contributed by atoms with E-state index in [4.69, 9.17) is 5.73 Å². The predicted molar refractivity (Wildman–Crippen MR) is 75.3 cm³/mol. The first-order chi connectivity index (χ1) is 8.40. The normalized spacial score (nSPS) is 17.7. The molecule has 1 saturated carbocycles. The number of hydrogen-bond donors (Lipinski definition) is 2. The van der Waals surface area contributed by atoms with Crippen LogP contribution in [0.4, 0.5) is 0 Å². The first kappa shape index (κ1) is 15.4. The highest BCUT2D eigenvalue weighted by atomic mass is 16.1. The second kappa shape index (κ2) is 7.10. The predicted octanol–water partition coefficient (Wildman–Crippen LogP) is 1.35. The lowest BCUT2D eigenvalue weighted by atomic mass is 10.1. The van der Waals surface area contributed by atoms with Crippen molar-refractivity contribution in [2.24, 2.45) is 11.7 Å². The standard InChI is InChI=1S/C14H29N3O/c1-10(2)7-8-17(12-5-6-12)9-13(14(15)18)16-11(3)4/h10-13,16H,5-9H2,1-4H3,(H2,15,18). The van der Waals surface area contributed by atoms with Crippen molar-refractivity contribution in [1.82, 2.24) is 10.2 Å².